The average molecular weight is 639 g/mol. The van der Waals surface area contributed by atoms with Crippen LogP contribution in [-0.2, 0) is 9.59 Å². The van der Waals surface area contributed by atoms with Gasteiger partial charge in [0.1, 0.15) is 11.6 Å². The Balaban J connectivity index is 0. The molecular weight excluding hydrogens is 562 g/mol. The predicted molar refractivity (Wildman–Crippen MR) is 190 cm³/mol. The molecule has 0 rings (SSSR count). The molecule has 0 bridgehead atoms. The minimum atomic E-state index is -0.0857. The van der Waals surface area contributed by atoms with Crippen LogP contribution in [0.5, 0.6) is 0 Å². The first-order valence-electron chi connectivity index (χ1n) is 19.3. The number of halogens is 1. The summed E-state index contributed by atoms with van der Waals surface area (Å²) < 4.78 is 0. The molecule has 0 amide bonds. The summed E-state index contributed by atoms with van der Waals surface area (Å²) in [6.45, 7) is 5.30. The third-order valence-electron chi connectivity index (χ3n) is 8.85. The molecule has 0 heterocycles. The van der Waals surface area contributed by atoms with E-state index in [2.05, 4.69) is 43.5 Å². The molecule has 2 N–H and O–H groups in total. The molecule has 0 aromatic heterocycles. The monoisotopic (exact) mass is 638 g/mol. The molecule has 0 aliphatic rings. The van der Waals surface area contributed by atoms with Gasteiger partial charge >= 0.3 is 0 Å². The van der Waals surface area contributed by atoms with Crippen LogP contribution in [0.2, 0.25) is 0 Å². The van der Waals surface area contributed by atoms with Crippen LogP contribution in [0.15, 0.2) is 24.3 Å². The molecule has 1 atom stereocenters. The Labute approximate surface area is 282 Å². The Kier molecular flexibility index (Phi) is 39.3. The largest absolute Gasteiger partial charge is 1.00 e. The number of quaternary nitrogens is 1. The first-order chi connectivity index (χ1) is 21.2. The topological polar surface area (TPSA) is 50.8 Å². The van der Waals surface area contributed by atoms with Crippen molar-refractivity contribution in [2.75, 3.05) is 13.6 Å². The molecular formula is C40H76ClNO2. The molecule has 0 aliphatic carbocycles. The van der Waals surface area contributed by atoms with Crippen molar-refractivity contribution in [1.29, 1.82) is 0 Å². The van der Waals surface area contributed by atoms with Crippen molar-refractivity contribution in [2.45, 2.75) is 200 Å². The lowest BCUT2D eigenvalue weighted by molar-refractivity contribution is -0.630. The summed E-state index contributed by atoms with van der Waals surface area (Å²) in [5.41, 5.74) is 0. The number of carbonyl (C=O) groups is 2. The molecule has 44 heavy (non-hydrogen) atoms. The summed E-state index contributed by atoms with van der Waals surface area (Å²) in [5.74, 6) is 0.522. The van der Waals surface area contributed by atoms with E-state index < -0.39 is 0 Å². The van der Waals surface area contributed by atoms with Gasteiger partial charge in [-0.15, -0.1) is 0 Å². The average Bonchev–Trinajstić information content (AvgIpc) is 3.00. The number of allylic oxidation sites excluding steroid dienone is 4. The number of unbranched alkanes of at least 4 members (excludes halogenated alkanes) is 22. The van der Waals surface area contributed by atoms with Crippen molar-refractivity contribution in [3.05, 3.63) is 24.3 Å². The molecule has 4 heteroatoms. The van der Waals surface area contributed by atoms with Gasteiger partial charge in [-0.1, -0.05) is 141 Å². The standard InChI is InChI=1S/C40H75NO2.ClH/c1-4-6-8-10-12-14-16-18-20-22-24-26-28-30-32-34-39(42)36-38(37-41-3)40(43)35-33-31-29-27-25-23-21-19-17-15-13-11-9-7-5-2;/h18-21,38,41H,4-17,22-37H2,1-3H3;1H/b20-18-,21-19-;. The van der Waals surface area contributed by atoms with E-state index in [1.54, 1.807) is 0 Å². The Morgan fingerprint density at radius 2 is 0.841 bits per heavy atom. The van der Waals surface area contributed by atoms with Gasteiger partial charge in [-0.3, -0.25) is 9.59 Å². The van der Waals surface area contributed by atoms with Crippen LogP contribution in [-0.4, -0.2) is 25.2 Å². The summed E-state index contributed by atoms with van der Waals surface area (Å²) in [6.07, 6.45) is 44.3. The van der Waals surface area contributed by atoms with Gasteiger partial charge < -0.3 is 17.7 Å². The van der Waals surface area contributed by atoms with Gasteiger partial charge in [0.15, 0.2) is 0 Å². The maximum absolute atomic E-state index is 12.8. The fourth-order valence-electron chi connectivity index (χ4n) is 5.96. The van der Waals surface area contributed by atoms with E-state index in [0.717, 1.165) is 32.2 Å². The first-order valence-corrected chi connectivity index (χ1v) is 19.3. The molecule has 0 aromatic rings. The Bertz CT molecular complexity index is 660. The Hall–Kier alpha value is -0.930. The second-order valence-corrected chi connectivity index (χ2v) is 13.2. The fraction of sp³-hybridized carbons (Fsp3) is 0.850. The van der Waals surface area contributed by atoms with Crippen molar-refractivity contribution in [1.82, 2.24) is 0 Å². The molecule has 0 fully saturated rings. The van der Waals surface area contributed by atoms with Crippen LogP contribution in [0.4, 0.5) is 0 Å². The zero-order valence-electron chi connectivity index (χ0n) is 29.9. The van der Waals surface area contributed by atoms with Crippen molar-refractivity contribution in [2.24, 2.45) is 5.92 Å². The quantitative estimate of drug-likeness (QED) is 0.0560. The van der Waals surface area contributed by atoms with Crippen LogP contribution >= 0.6 is 0 Å². The minimum Gasteiger partial charge on any atom is -1.00 e. The Morgan fingerprint density at radius 1 is 0.500 bits per heavy atom. The van der Waals surface area contributed by atoms with Crippen molar-refractivity contribution in [3.63, 3.8) is 0 Å². The van der Waals surface area contributed by atoms with Gasteiger partial charge in [0.05, 0.1) is 19.5 Å². The smallest absolute Gasteiger partial charge is 0.142 e. The van der Waals surface area contributed by atoms with Gasteiger partial charge in [-0.25, -0.2) is 0 Å². The summed E-state index contributed by atoms with van der Waals surface area (Å²) in [4.78, 5) is 25.4. The number of hydrogen-bond donors (Lipinski definition) is 1. The van der Waals surface area contributed by atoms with E-state index >= 15 is 0 Å². The second kappa shape index (κ2) is 38.3. The van der Waals surface area contributed by atoms with Crippen LogP contribution < -0.4 is 17.7 Å². The lowest BCUT2D eigenvalue weighted by Gasteiger charge is -2.13. The maximum atomic E-state index is 12.8. The van der Waals surface area contributed by atoms with Crippen LogP contribution in [0, 0.1) is 5.92 Å². The highest BCUT2D eigenvalue weighted by molar-refractivity contribution is 5.88. The number of carbonyl (C=O) groups excluding carboxylic acids is 2. The second-order valence-electron chi connectivity index (χ2n) is 13.2. The highest BCUT2D eigenvalue weighted by atomic mass is 35.5. The maximum Gasteiger partial charge on any atom is 0.142 e. The Morgan fingerprint density at radius 3 is 1.23 bits per heavy atom. The fourth-order valence-corrected chi connectivity index (χ4v) is 5.96. The third-order valence-corrected chi connectivity index (χ3v) is 8.85. The number of ketones is 2. The van der Waals surface area contributed by atoms with Crippen molar-refractivity contribution in [3.8, 4) is 0 Å². The highest BCUT2D eigenvalue weighted by Gasteiger charge is 2.22. The van der Waals surface area contributed by atoms with E-state index in [4.69, 9.17) is 0 Å². The molecule has 0 saturated carbocycles. The minimum absolute atomic E-state index is 0. The SMILES string of the molecule is CCCCCCCC/C=C\CCCCCCCC(=O)CC(C[NH2+]C)C(=O)CCCCCCC/C=C\CCCCCCCC.[Cl-]. The van der Waals surface area contributed by atoms with E-state index in [9.17, 15) is 9.59 Å². The number of nitrogens with two attached hydrogens (primary N) is 1. The zero-order valence-corrected chi connectivity index (χ0v) is 30.6. The van der Waals surface area contributed by atoms with Crippen LogP contribution in [0.25, 0.3) is 0 Å². The number of rotatable bonds is 35. The summed E-state index contributed by atoms with van der Waals surface area (Å²) in [6, 6.07) is 0. The number of hydrogen-bond acceptors (Lipinski definition) is 2. The molecule has 1 unspecified atom stereocenters. The molecule has 3 nitrogen and oxygen atoms in total. The lowest BCUT2D eigenvalue weighted by atomic mass is 9.92. The molecule has 0 saturated heterocycles. The van der Waals surface area contributed by atoms with Crippen molar-refractivity contribution < 1.29 is 27.3 Å². The zero-order chi connectivity index (χ0) is 31.5. The van der Waals surface area contributed by atoms with Crippen LogP contribution in [0.3, 0.4) is 0 Å². The van der Waals surface area contributed by atoms with E-state index in [1.165, 1.54) is 141 Å². The first kappa shape index (κ1) is 45.2. The van der Waals surface area contributed by atoms with E-state index in [-0.39, 0.29) is 18.3 Å². The third kappa shape index (κ3) is 34.0. The van der Waals surface area contributed by atoms with Crippen LogP contribution in [0.1, 0.15) is 200 Å². The highest BCUT2D eigenvalue weighted by Crippen LogP contribution is 2.16. The van der Waals surface area contributed by atoms with E-state index in [0.29, 0.717) is 30.8 Å². The van der Waals surface area contributed by atoms with Gasteiger partial charge in [0.25, 0.3) is 0 Å². The van der Waals surface area contributed by atoms with Gasteiger partial charge in [0.2, 0.25) is 0 Å². The predicted octanol–water partition coefficient (Wildman–Crippen LogP) is 8.40. The normalized spacial score (nSPS) is 12.2. The molecule has 0 spiro atoms. The number of Topliss-reactive ketones (excluding diaryl/α,β-unsaturated/α-hetero) is 2. The molecule has 260 valence electrons. The summed E-state index contributed by atoms with van der Waals surface area (Å²) in [7, 11) is 2.01. The summed E-state index contributed by atoms with van der Waals surface area (Å²) in [5, 5.41) is 2.07. The van der Waals surface area contributed by atoms with Gasteiger partial charge in [-0.05, 0) is 64.2 Å². The van der Waals surface area contributed by atoms with Gasteiger partial charge in [-0.2, -0.15) is 0 Å². The molecule has 0 aromatic carbocycles. The summed E-state index contributed by atoms with van der Waals surface area (Å²) >= 11 is 0. The van der Waals surface area contributed by atoms with Gasteiger partial charge in [0, 0.05) is 19.3 Å². The van der Waals surface area contributed by atoms with Crippen molar-refractivity contribution >= 4 is 11.6 Å². The molecule has 0 radical (unpaired) electrons. The lowest BCUT2D eigenvalue weighted by Crippen LogP contribution is -3.00. The van der Waals surface area contributed by atoms with E-state index in [1.807, 2.05) is 7.05 Å². The molecule has 0 aliphatic heterocycles.